The van der Waals surface area contributed by atoms with Crippen LogP contribution in [0.3, 0.4) is 0 Å². The molecule has 1 aromatic rings. The lowest BCUT2D eigenvalue weighted by molar-refractivity contribution is -0.209. The lowest BCUT2D eigenvalue weighted by Gasteiger charge is -2.39. The van der Waals surface area contributed by atoms with Crippen LogP contribution in [0, 0.1) is 0 Å². The van der Waals surface area contributed by atoms with E-state index in [4.69, 9.17) is 14.2 Å². The van der Waals surface area contributed by atoms with Crippen molar-refractivity contribution in [2.45, 2.75) is 43.4 Å². The van der Waals surface area contributed by atoms with Crippen molar-refractivity contribution >= 4 is 12.6 Å². The molecule has 1 fully saturated rings. The predicted octanol–water partition coefficient (Wildman–Crippen LogP) is 0.977. The van der Waals surface area contributed by atoms with Gasteiger partial charge in [0.05, 0.1) is 19.8 Å². The summed E-state index contributed by atoms with van der Waals surface area (Å²) in [5.41, 5.74) is 0.369. The van der Waals surface area contributed by atoms with Crippen molar-refractivity contribution in [1.29, 1.82) is 0 Å². The average Bonchev–Trinajstić information content (AvgIpc) is 2.45. The Morgan fingerprint density at radius 2 is 1.85 bits per heavy atom. The fraction of sp³-hybridized carbons (Fsp3) is 0.571. The molecule has 6 heteroatoms. The SMILES string of the molecule is COc1ccc(CO[C@H]2[C@H](O)[C@H](O)[C@H](C)O[C@@H]2S)cc1. The highest BCUT2D eigenvalue weighted by Crippen LogP contribution is 2.26. The molecule has 1 aliphatic rings. The van der Waals surface area contributed by atoms with Crippen molar-refractivity contribution in [3.8, 4) is 5.75 Å². The summed E-state index contributed by atoms with van der Waals surface area (Å²) in [5, 5.41) is 19.8. The highest BCUT2D eigenvalue weighted by Gasteiger charge is 2.41. The van der Waals surface area contributed by atoms with Crippen LogP contribution in [-0.4, -0.2) is 47.2 Å². The molecule has 0 aromatic heterocycles. The van der Waals surface area contributed by atoms with Crippen molar-refractivity contribution < 1.29 is 24.4 Å². The van der Waals surface area contributed by atoms with E-state index >= 15 is 0 Å². The predicted molar refractivity (Wildman–Crippen MR) is 76.9 cm³/mol. The molecule has 0 bridgehead atoms. The Kier molecular flexibility index (Phi) is 5.29. The molecule has 0 spiro atoms. The Hall–Kier alpha value is -0.790. The second-order valence-corrected chi connectivity index (χ2v) is 5.35. The van der Waals surface area contributed by atoms with Crippen LogP contribution in [0.5, 0.6) is 5.75 Å². The monoisotopic (exact) mass is 300 g/mol. The van der Waals surface area contributed by atoms with Crippen LogP contribution < -0.4 is 4.74 Å². The first kappa shape index (κ1) is 15.6. The maximum atomic E-state index is 10.0. The van der Waals surface area contributed by atoms with Crippen LogP contribution in [0.2, 0.25) is 0 Å². The van der Waals surface area contributed by atoms with E-state index in [1.54, 1.807) is 14.0 Å². The summed E-state index contributed by atoms with van der Waals surface area (Å²) < 4.78 is 16.1. The normalized spacial score (nSPS) is 34.0. The molecule has 1 aromatic carbocycles. The Labute approximate surface area is 123 Å². The largest absolute Gasteiger partial charge is 0.497 e. The molecule has 20 heavy (non-hydrogen) atoms. The Morgan fingerprint density at radius 1 is 1.20 bits per heavy atom. The zero-order valence-electron chi connectivity index (χ0n) is 11.5. The second-order valence-electron chi connectivity index (χ2n) is 4.84. The third-order valence-corrected chi connectivity index (χ3v) is 3.82. The molecule has 1 heterocycles. The second kappa shape index (κ2) is 6.78. The number of benzene rings is 1. The van der Waals surface area contributed by atoms with Crippen LogP contribution in [0.15, 0.2) is 24.3 Å². The Morgan fingerprint density at radius 3 is 2.45 bits per heavy atom. The zero-order valence-corrected chi connectivity index (χ0v) is 12.4. The van der Waals surface area contributed by atoms with Crippen molar-refractivity contribution in [2.24, 2.45) is 0 Å². The van der Waals surface area contributed by atoms with Gasteiger partial charge in [0.1, 0.15) is 29.5 Å². The van der Waals surface area contributed by atoms with Gasteiger partial charge in [-0.05, 0) is 24.6 Å². The Balaban J connectivity index is 1.94. The van der Waals surface area contributed by atoms with Crippen LogP contribution in [0.1, 0.15) is 12.5 Å². The van der Waals surface area contributed by atoms with Gasteiger partial charge < -0.3 is 24.4 Å². The molecule has 1 saturated heterocycles. The summed E-state index contributed by atoms with van der Waals surface area (Å²) in [6.07, 6.45) is -3.13. The summed E-state index contributed by atoms with van der Waals surface area (Å²) in [7, 11) is 1.61. The highest BCUT2D eigenvalue weighted by molar-refractivity contribution is 7.80. The van der Waals surface area contributed by atoms with Crippen LogP contribution in [0.25, 0.3) is 0 Å². The minimum absolute atomic E-state index is 0.299. The van der Waals surface area contributed by atoms with Gasteiger partial charge in [0.2, 0.25) is 0 Å². The van der Waals surface area contributed by atoms with Gasteiger partial charge in [-0.1, -0.05) is 12.1 Å². The summed E-state index contributed by atoms with van der Waals surface area (Å²) in [4.78, 5) is 0. The van der Waals surface area contributed by atoms with Gasteiger partial charge in [-0.25, -0.2) is 0 Å². The first-order valence-corrected chi connectivity index (χ1v) is 6.98. The third kappa shape index (κ3) is 3.45. The van der Waals surface area contributed by atoms with E-state index in [9.17, 15) is 10.2 Å². The van der Waals surface area contributed by atoms with Gasteiger partial charge in [0.15, 0.2) is 0 Å². The quantitative estimate of drug-likeness (QED) is 0.723. The van der Waals surface area contributed by atoms with E-state index in [2.05, 4.69) is 12.6 Å². The molecule has 0 unspecified atom stereocenters. The molecule has 5 nitrogen and oxygen atoms in total. The number of aliphatic hydroxyl groups excluding tert-OH is 2. The molecule has 0 radical (unpaired) electrons. The molecule has 5 atom stereocenters. The number of thiol groups is 1. The molecular formula is C14H20O5S. The van der Waals surface area contributed by atoms with E-state index in [1.165, 1.54) is 0 Å². The summed E-state index contributed by atoms with van der Waals surface area (Å²) in [6, 6.07) is 7.42. The molecule has 0 aliphatic carbocycles. The summed E-state index contributed by atoms with van der Waals surface area (Å²) >= 11 is 4.26. The third-order valence-electron chi connectivity index (χ3n) is 3.40. The van der Waals surface area contributed by atoms with E-state index in [-0.39, 0.29) is 0 Å². The van der Waals surface area contributed by atoms with Gasteiger partial charge in [-0.3, -0.25) is 0 Å². The molecule has 0 saturated carbocycles. The van der Waals surface area contributed by atoms with E-state index in [0.717, 1.165) is 11.3 Å². The van der Waals surface area contributed by atoms with Crippen LogP contribution in [0.4, 0.5) is 0 Å². The van der Waals surface area contributed by atoms with Gasteiger partial charge in [-0.15, -0.1) is 12.6 Å². The number of hydrogen-bond donors (Lipinski definition) is 3. The van der Waals surface area contributed by atoms with E-state index in [0.29, 0.717) is 6.61 Å². The lowest BCUT2D eigenvalue weighted by Crippen LogP contribution is -2.55. The van der Waals surface area contributed by atoms with E-state index < -0.39 is 29.9 Å². The van der Waals surface area contributed by atoms with Crippen molar-refractivity contribution in [2.75, 3.05) is 7.11 Å². The van der Waals surface area contributed by atoms with Crippen molar-refractivity contribution in [3.05, 3.63) is 29.8 Å². The highest BCUT2D eigenvalue weighted by atomic mass is 32.1. The topological polar surface area (TPSA) is 68.2 Å². The van der Waals surface area contributed by atoms with Crippen molar-refractivity contribution in [3.63, 3.8) is 0 Å². The van der Waals surface area contributed by atoms with Crippen LogP contribution >= 0.6 is 12.6 Å². The fourth-order valence-corrected chi connectivity index (χ4v) is 2.57. The van der Waals surface area contributed by atoms with Gasteiger partial charge in [0, 0.05) is 0 Å². The first-order chi connectivity index (χ1) is 9.52. The fourth-order valence-electron chi connectivity index (χ4n) is 2.11. The van der Waals surface area contributed by atoms with Gasteiger partial charge in [0.25, 0.3) is 0 Å². The lowest BCUT2D eigenvalue weighted by atomic mass is 10.0. The van der Waals surface area contributed by atoms with Crippen LogP contribution in [-0.2, 0) is 16.1 Å². The maximum absolute atomic E-state index is 10.0. The Bertz CT molecular complexity index is 424. The number of methoxy groups -OCH3 is 1. The number of rotatable bonds is 4. The zero-order chi connectivity index (χ0) is 14.7. The molecule has 2 rings (SSSR count). The molecular weight excluding hydrogens is 280 g/mol. The molecule has 1 aliphatic heterocycles. The summed E-state index contributed by atoms with van der Waals surface area (Å²) in [5.74, 6) is 0.770. The maximum Gasteiger partial charge on any atom is 0.129 e. The number of ether oxygens (including phenoxy) is 3. The minimum atomic E-state index is -1.01. The first-order valence-electron chi connectivity index (χ1n) is 6.47. The standard InChI is InChI=1S/C14H20O5S/c1-8-11(15)12(16)13(14(20)19-8)18-7-9-3-5-10(17-2)6-4-9/h3-6,8,11-16,20H,7H2,1-2H3/t8-,11+,12+,13-,14+/m0/s1. The molecule has 112 valence electrons. The van der Waals surface area contributed by atoms with Gasteiger partial charge >= 0.3 is 0 Å². The van der Waals surface area contributed by atoms with Gasteiger partial charge in [-0.2, -0.15) is 0 Å². The average molecular weight is 300 g/mol. The van der Waals surface area contributed by atoms with E-state index in [1.807, 2.05) is 24.3 Å². The molecule has 0 amide bonds. The van der Waals surface area contributed by atoms with Crippen molar-refractivity contribution in [1.82, 2.24) is 0 Å². The minimum Gasteiger partial charge on any atom is -0.497 e. The summed E-state index contributed by atoms with van der Waals surface area (Å²) in [6.45, 7) is 1.99. The number of aliphatic hydroxyl groups is 2. The number of hydrogen-bond acceptors (Lipinski definition) is 6. The molecule has 2 N–H and O–H groups in total. The smallest absolute Gasteiger partial charge is 0.129 e.